The van der Waals surface area contributed by atoms with Crippen LogP contribution in [0.5, 0.6) is 0 Å². The van der Waals surface area contributed by atoms with E-state index in [4.69, 9.17) is 9.47 Å². The minimum Gasteiger partial charge on any atom is -0.377 e. The summed E-state index contributed by atoms with van der Waals surface area (Å²) in [6, 6.07) is 3.80. The van der Waals surface area contributed by atoms with Gasteiger partial charge in [-0.05, 0) is 37.9 Å². The van der Waals surface area contributed by atoms with Gasteiger partial charge in [0.25, 0.3) is 5.91 Å². The zero-order valence-electron chi connectivity index (χ0n) is 13.3. The van der Waals surface area contributed by atoms with Crippen molar-refractivity contribution in [1.29, 1.82) is 0 Å². The van der Waals surface area contributed by atoms with Gasteiger partial charge in [-0.1, -0.05) is 6.07 Å². The van der Waals surface area contributed by atoms with E-state index in [0.29, 0.717) is 32.2 Å². The normalized spacial score (nSPS) is 29.2. The molecule has 2 fully saturated rings. The van der Waals surface area contributed by atoms with Crippen molar-refractivity contribution in [3.63, 3.8) is 0 Å². The summed E-state index contributed by atoms with van der Waals surface area (Å²) in [6.45, 7) is 4.21. The van der Waals surface area contributed by atoms with Gasteiger partial charge in [-0.3, -0.25) is 4.79 Å². The second kappa shape index (κ2) is 6.66. The van der Waals surface area contributed by atoms with Gasteiger partial charge in [0.1, 0.15) is 5.60 Å². The van der Waals surface area contributed by atoms with Gasteiger partial charge in [0.15, 0.2) is 0 Å². The van der Waals surface area contributed by atoms with Crippen molar-refractivity contribution < 1.29 is 14.3 Å². The Morgan fingerprint density at radius 3 is 3.14 bits per heavy atom. The highest BCUT2D eigenvalue weighted by Crippen LogP contribution is 2.33. The highest BCUT2D eigenvalue weighted by Gasteiger charge is 2.44. The van der Waals surface area contributed by atoms with Crippen LogP contribution in [0.25, 0.3) is 0 Å². The molecular formula is C16H24N2O3S. The van der Waals surface area contributed by atoms with Crippen LogP contribution in [0.3, 0.4) is 0 Å². The lowest BCUT2D eigenvalue weighted by Gasteiger charge is -2.31. The molecule has 0 saturated carbocycles. The van der Waals surface area contributed by atoms with E-state index in [1.165, 1.54) is 11.3 Å². The van der Waals surface area contributed by atoms with Crippen molar-refractivity contribution in [3.8, 4) is 0 Å². The first-order valence-corrected chi connectivity index (χ1v) is 8.65. The average Bonchev–Trinajstić information content (AvgIpc) is 3.07. The van der Waals surface area contributed by atoms with Crippen LogP contribution in [-0.4, -0.2) is 74.9 Å². The first kappa shape index (κ1) is 15.9. The smallest absolute Gasteiger partial charge is 0.264 e. The molecule has 1 aromatic heterocycles. The highest BCUT2D eigenvalue weighted by molar-refractivity contribution is 7.12. The van der Waals surface area contributed by atoms with Gasteiger partial charge in [0.05, 0.1) is 31.2 Å². The largest absolute Gasteiger partial charge is 0.377 e. The summed E-state index contributed by atoms with van der Waals surface area (Å²) in [7, 11) is 4.17. The summed E-state index contributed by atoms with van der Waals surface area (Å²) in [5.41, 5.74) is -0.329. The van der Waals surface area contributed by atoms with Crippen LogP contribution in [0.1, 0.15) is 16.1 Å². The van der Waals surface area contributed by atoms with Crippen LogP contribution in [0.15, 0.2) is 17.5 Å². The van der Waals surface area contributed by atoms with Crippen molar-refractivity contribution in [2.24, 2.45) is 5.92 Å². The van der Waals surface area contributed by atoms with Crippen LogP contribution in [0.2, 0.25) is 0 Å². The van der Waals surface area contributed by atoms with Crippen LogP contribution in [0.4, 0.5) is 0 Å². The highest BCUT2D eigenvalue weighted by atomic mass is 32.1. The van der Waals surface area contributed by atoms with Gasteiger partial charge in [-0.2, -0.15) is 0 Å². The fraction of sp³-hybridized carbons (Fsp3) is 0.688. The Labute approximate surface area is 135 Å². The van der Waals surface area contributed by atoms with Crippen molar-refractivity contribution in [2.75, 3.05) is 53.6 Å². The molecule has 1 spiro atoms. The molecule has 3 heterocycles. The molecule has 0 aromatic carbocycles. The van der Waals surface area contributed by atoms with Crippen LogP contribution >= 0.6 is 11.3 Å². The molecule has 2 saturated heterocycles. The lowest BCUT2D eigenvalue weighted by molar-refractivity contribution is -0.0539. The van der Waals surface area contributed by atoms with Crippen molar-refractivity contribution in [1.82, 2.24) is 9.80 Å². The third kappa shape index (κ3) is 3.51. The van der Waals surface area contributed by atoms with Crippen LogP contribution < -0.4 is 0 Å². The Morgan fingerprint density at radius 1 is 1.55 bits per heavy atom. The number of rotatable bonds is 3. The number of carbonyl (C=O) groups is 1. The second-order valence-corrected chi connectivity index (χ2v) is 7.53. The maximum Gasteiger partial charge on any atom is 0.264 e. The molecule has 2 unspecified atom stereocenters. The van der Waals surface area contributed by atoms with Crippen molar-refractivity contribution >= 4 is 17.2 Å². The molecule has 5 nitrogen and oxygen atoms in total. The third-order valence-corrected chi connectivity index (χ3v) is 5.14. The fourth-order valence-corrected chi connectivity index (χ4v) is 4.11. The van der Waals surface area contributed by atoms with E-state index in [-0.39, 0.29) is 11.5 Å². The average molecular weight is 324 g/mol. The van der Waals surface area contributed by atoms with E-state index >= 15 is 0 Å². The second-order valence-electron chi connectivity index (χ2n) is 6.58. The molecule has 122 valence electrons. The molecule has 1 aromatic rings. The van der Waals surface area contributed by atoms with Crippen LogP contribution in [-0.2, 0) is 9.47 Å². The standard InChI is InChI=1S/C16H24N2O3S/c1-17(2)9-13-8-16(21-10-13)11-18(5-6-20-12-16)15(19)14-4-3-7-22-14/h3-4,7,13H,5-6,8-12H2,1-2H3. The van der Waals surface area contributed by atoms with Gasteiger partial charge in [0.2, 0.25) is 0 Å². The number of carbonyl (C=O) groups excluding carboxylic acids is 1. The number of amides is 1. The first-order chi connectivity index (χ1) is 10.6. The molecule has 1 amide bonds. The maximum absolute atomic E-state index is 12.6. The maximum atomic E-state index is 12.6. The molecule has 2 aliphatic rings. The predicted molar refractivity (Wildman–Crippen MR) is 86.4 cm³/mol. The Hall–Kier alpha value is -0.950. The van der Waals surface area contributed by atoms with E-state index in [9.17, 15) is 4.79 Å². The van der Waals surface area contributed by atoms with Crippen LogP contribution in [0, 0.1) is 5.92 Å². The van der Waals surface area contributed by atoms with Gasteiger partial charge >= 0.3 is 0 Å². The molecule has 3 rings (SSSR count). The first-order valence-electron chi connectivity index (χ1n) is 7.77. The van der Waals surface area contributed by atoms with Crippen molar-refractivity contribution in [2.45, 2.75) is 12.0 Å². The number of ether oxygens (including phenoxy) is 2. The number of hydrogen-bond donors (Lipinski definition) is 0. The van der Waals surface area contributed by atoms with Gasteiger partial charge in [0, 0.05) is 13.1 Å². The van der Waals surface area contributed by atoms with Crippen molar-refractivity contribution in [3.05, 3.63) is 22.4 Å². The molecule has 22 heavy (non-hydrogen) atoms. The summed E-state index contributed by atoms with van der Waals surface area (Å²) in [6.07, 6.45) is 0.958. The molecule has 6 heteroatoms. The quantitative estimate of drug-likeness (QED) is 0.846. The number of thiophene rings is 1. The van der Waals surface area contributed by atoms with Gasteiger partial charge < -0.3 is 19.3 Å². The third-order valence-electron chi connectivity index (χ3n) is 4.28. The minimum absolute atomic E-state index is 0.0968. The molecule has 0 bridgehead atoms. The zero-order chi connectivity index (χ0) is 15.6. The summed E-state index contributed by atoms with van der Waals surface area (Å²) in [5.74, 6) is 0.606. The lowest BCUT2D eigenvalue weighted by atomic mass is 9.94. The van der Waals surface area contributed by atoms with E-state index in [0.717, 1.165) is 24.4 Å². The minimum atomic E-state index is -0.329. The molecule has 2 aliphatic heterocycles. The Morgan fingerprint density at radius 2 is 2.41 bits per heavy atom. The molecular weight excluding hydrogens is 300 g/mol. The Kier molecular flexibility index (Phi) is 4.82. The molecule has 0 N–H and O–H groups in total. The van der Waals surface area contributed by atoms with E-state index in [2.05, 4.69) is 19.0 Å². The zero-order valence-corrected chi connectivity index (χ0v) is 14.1. The summed E-state index contributed by atoms with van der Waals surface area (Å²) in [5, 5.41) is 1.94. The summed E-state index contributed by atoms with van der Waals surface area (Å²) >= 11 is 1.49. The van der Waals surface area contributed by atoms with E-state index < -0.39 is 0 Å². The van der Waals surface area contributed by atoms with Gasteiger partial charge in [-0.25, -0.2) is 0 Å². The summed E-state index contributed by atoms with van der Waals surface area (Å²) in [4.78, 5) is 17.5. The topological polar surface area (TPSA) is 42.0 Å². The fourth-order valence-electron chi connectivity index (χ4n) is 3.42. The lowest BCUT2D eigenvalue weighted by Crippen LogP contribution is -2.46. The number of nitrogens with zero attached hydrogens (tertiary/aromatic N) is 2. The summed E-state index contributed by atoms with van der Waals surface area (Å²) < 4.78 is 11.9. The Balaban J connectivity index is 1.69. The SMILES string of the molecule is CN(C)CC1COC2(COCCN(C(=O)c3cccs3)C2)C1. The monoisotopic (exact) mass is 324 g/mol. The molecule has 0 aliphatic carbocycles. The predicted octanol–water partition coefficient (Wildman–Crippen LogP) is 1.56. The molecule has 2 atom stereocenters. The van der Waals surface area contributed by atoms with E-state index in [1.54, 1.807) is 0 Å². The Bertz CT molecular complexity index is 505. The molecule has 0 radical (unpaired) electrons. The van der Waals surface area contributed by atoms with Gasteiger partial charge in [-0.15, -0.1) is 11.3 Å². The van der Waals surface area contributed by atoms with E-state index in [1.807, 2.05) is 22.4 Å². The number of hydrogen-bond acceptors (Lipinski definition) is 5.